The summed E-state index contributed by atoms with van der Waals surface area (Å²) in [6.07, 6.45) is 20.6. The number of anilines is 1. The fraction of sp³-hybridized carbons (Fsp3) is 0.735. The molecule has 0 saturated heterocycles. The highest BCUT2D eigenvalue weighted by Gasteiger charge is 2.42. The van der Waals surface area contributed by atoms with Crippen LogP contribution in [0.1, 0.15) is 142 Å². The number of aromatic amines is 1. The lowest BCUT2D eigenvalue weighted by atomic mass is 10.0. The number of hydrogen-bond donors (Lipinski definition) is 2. The van der Waals surface area contributed by atoms with E-state index in [1.165, 1.54) is 70.5 Å². The van der Waals surface area contributed by atoms with Crippen LogP contribution in [0.25, 0.3) is 11.2 Å². The average Bonchev–Trinajstić information content (AvgIpc) is 3.54. The molecule has 3 atom stereocenters. The number of carbonyl (C=O) groups is 2. The zero-order chi connectivity index (χ0) is 31.7. The largest absolute Gasteiger partial charge is 0.465 e. The van der Waals surface area contributed by atoms with Crippen molar-refractivity contribution in [1.29, 1.82) is 0 Å². The highest BCUT2D eigenvalue weighted by Crippen LogP contribution is 2.42. The second-order valence-corrected chi connectivity index (χ2v) is 12.4. The number of imidazole rings is 1. The molecule has 1 aliphatic carbocycles. The summed E-state index contributed by atoms with van der Waals surface area (Å²) in [6, 6.07) is -0.342. The molecular formula is C34H55N5O5. The molecule has 10 nitrogen and oxygen atoms in total. The van der Waals surface area contributed by atoms with Crippen LogP contribution in [-0.2, 0) is 19.1 Å². The fourth-order valence-electron chi connectivity index (χ4n) is 6.12. The van der Waals surface area contributed by atoms with Crippen LogP contribution in [0.15, 0.2) is 23.3 Å². The molecule has 0 amide bonds. The predicted molar refractivity (Wildman–Crippen MR) is 174 cm³/mol. The van der Waals surface area contributed by atoms with E-state index < -0.39 is 11.7 Å². The van der Waals surface area contributed by atoms with Gasteiger partial charge in [0.2, 0.25) is 5.95 Å². The Morgan fingerprint density at radius 3 is 2.05 bits per heavy atom. The van der Waals surface area contributed by atoms with Crippen LogP contribution >= 0.6 is 0 Å². The monoisotopic (exact) mass is 613 g/mol. The number of nitrogens with zero attached hydrogens (tertiary/aromatic N) is 3. The molecule has 0 radical (unpaired) electrons. The van der Waals surface area contributed by atoms with Gasteiger partial charge in [0.1, 0.15) is 12.7 Å². The number of ether oxygens (including phenoxy) is 2. The fourth-order valence-corrected chi connectivity index (χ4v) is 6.12. The molecule has 246 valence electrons. The first kappa shape index (κ1) is 35.3. The molecule has 0 bridgehead atoms. The first-order valence-electron chi connectivity index (χ1n) is 17.1. The topological polar surface area (TPSA) is 142 Å². The van der Waals surface area contributed by atoms with E-state index in [1.54, 1.807) is 4.57 Å². The third-order valence-electron chi connectivity index (χ3n) is 8.77. The third-order valence-corrected chi connectivity index (χ3v) is 8.77. The van der Waals surface area contributed by atoms with E-state index in [1.807, 2.05) is 0 Å². The number of carbonyl (C=O) groups excluding carboxylic acids is 2. The molecule has 2 aromatic heterocycles. The Morgan fingerprint density at radius 2 is 1.45 bits per heavy atom. The third kappa shape index (κ3) is 11.1. The van der Waals surface area contributed by atoms with Gasteiger partial charge in [-0.3, -0.25) is 19.4 Å². The van der Waals surface area contributed by atoms with Gasteiger partial charge in [-0.15, -0.1) is 0 Å². The molecule has 44 heavy (non-hydrogen) atoms. The van der Waals surface area contributed by atoms with Gasteiger partial charge in [0.15, 0.2) is 11.2 Å². The number of unbranched alkanes of at least 4 members (excludes halogenated alkanes) is 14. The van der Waals surface area contributed by atoms with Gasteiger partial charge in [0.25, 0.3) is 5.56 Å². The van der Waals surface area contributed by atoms with E-state index in [0.29, 0.717) is 24.9 Å². The minimum absolute atomic E-state index is 0.00681. The molecule has 0 aromatic carbocycles. The summed E-state index contributed by atoms with van der Waals surface area (Å²) < 4.78 is 13.5. The van der Waals surface area contributed by atoms with E-state index in [0.717, 1.165) is 44.1 Å². The Bertz CT molecular complexity index is 1240. The molecule has 3 N–H and O–H groups in total. The van der Waals surface area contributed by atoms with Gasteiger partial charge in [-0.1, -0.05) is 110 Å². The first-order chi connectivity index (χ1) is 21.3. The molecule has 10 heteroatoms. The van der Waals surface area contributed by atoms with Gasteiger partial charge in [-0.25, -0.2) is 4.98 Å². The summed E-state index contributed by atoms with van der Waals surface area (Å²) in [6.45, 7) is 8.83. The molecule has 1 saturated carbocycles. The number of nitrogens with one attached hydrogen (secondary N) is 1. The standard InChI is InChI=1S/C34H55N5O5/c1-4-6-8-10-12-14-16-18-20-29(40)43-23-26-25(3)27(39-24-36-31-32(39)37-34(35)38-33(31)42)22-28(26)44-30(41)21-19-17-15-13-11-9-7-5-2/h24,26-28H,3-23H2,1-2H3,(H3,35,37,38,42)/t26-,27-,28-/m0/s1. The quantitative estimate of drug-likeness (QED) is 0.0798. The number of esters is 2. The lowest BCUT2D eigenvalue weighted by Gasteiger charge is -2.20. The van der Waals surface area contributed by atoms with Crippen LogP contribution in [0, 0.1) is 5.92 Å². The first-order valence-corrected chi connectivity index (χ1v) is 17.1. The van der Waals surface area contributed by atoms with Gasteiger partial charge in [-0.05, 0) is 18.4 Å². The van der Waals surface area contributed by atoms with Gasteiger partial charge in [0.05, 0.1) is 18.3 Å². The summed E-state index contributed by atoms with van der Waals surface area (Å²) in [5.74, 6) is -0.876. The highest BCUT2D eigenvalue weighted by molar-refractivity contribution is 5.71. The molecule has 1 fully saturated rings. The lowest BCUT2D eigenvalue weighted by molar-refractivity contribution is -0.153. The maximum absolute atomic E-state index is 12.9. The summed E-state index contributed by atoms with van der Waals surface area (Å²) in [4.78, 5) is 48.9. The van der Waals surface area contributed by atoms with E-state index >= 15 is 0 Å². The van der Waals surface area contributed by atoms with E-state index in [9.17, 15) is 14.4 Å². The van der Waals surface area contributed by atoms with Crippen LogP contribution in [0.5, 0.6) is 0 Å². The second kappa shape index (κ2) is 19.3. The van der Waals surface area contributed by atoms with E-state index in [4.69, 9.17) is 15.2 Å². The second-order valence-electron chi connectivity index (χ2n) is 12.4. The number of aromatic nitrogens is 4. The normalized spacial score (nSPS) is 18.2. The predicted octanol–water partition coefficient (Wildman–Crippen LogP) is 7.34. The SMILES string of the molecule is C=C1[C@H](COC(=O)CCCCCCCCCC)[C@@H](OC(=O)CCCCCCCCCC)C[C@@H]1n1cnc2c(=O)[nH]c(N)nc21. The van der Waals surface area contributed by atoms with Gasteiger partial charge in [-0.2, -0.15) is 4.98 Å². The summed E-state index contributed by atoms with van der Waals surface area (Å²) in [7, 11) is 0. The molecule has 0 spiro atoms. The zero-order valence-electron chi connectivity index (χ0n) is 27.1. The number of fused-ring (bicyclic) bond motifs is 1. The number of nitrogen functional groups attached to an aromatic ring is 1. The molecule has 0 aliphatic heterocycles. The van der Waals surface area contributed by atoms with Gasteiger partial charge < -0.3 is 19.8 Å². The molecule has 1 aliphatic rings. The van der Waals surface area contributed by atoms with Gasteiger partial charge in [0, 0.05) is 19.3 Å². The number of H-pyrrole nitrogens is 1. The molecule has 2 aromatic rings. The van der Waals surface area contributed by atoms with Crippen molar-refractivity contribution in [2.45, 2.75) is 148 Å². The number of rotatable bonds is 22. The number of nitrogens with two attached hydrogens (primary N) is 1. The van der Waals surface area contributed by atoms with Crippen molar-refractivity contribution in [2.75, 3.05) is 12.3 Å². The van der Waals surface area contributed by atoms with Crippen molar-refractivity contribution in [3.8, 4) is 0 Å². The van der Waals surface area contributed by atoms with Crippen molar-refractivity contribution in [2.24, 2.45) is 5.92 Å². The number of hydrogen-bond acceptors (Lipinski definition) is 8. The van der Waals surface area contributed by atoms with Gasteiger partial charge >= 0.3 is 11.9 Å². The zero-order valence-corrected chi connectivity index (χ0v) is 27.1. The van der Waals surface area contributed by atoms with Crippen LogP contribution < -0.4 is 11.3 Å². The maximum atomic E-state index is 12.9. The Kier molecular flexibility index (Phi) is 15.5. The van der Waals surface area contributed by atoms with Crippen molar-refractivity contribution in [1.82, 2.24) is 19.5 Å². The summed E-state index contributed by atoms with van der Waals surface area (Å²) >= 11 is 0. The van der Waals surface area contributed by atoms with Crippen molar-refractivity contribution in [3.05, 3.63) is 28.8 Å². The Hall–Kier alpha value is -3.17. The molecule has 3 rings (SSSR count). The molecule has 2 heterocycles. The van der Waals surface area contributed by atoms with E-state index in [2.05, 4.69) is 35.4 Å². The van der Waals surface area contributed by atoms with Crippen molar-refractivity contribution >= 4 is 29.1 Å². The maximum Gasteiger partial charge on any atom is 0.306 e. The molecule has 0 unspecified atom stereocenters. The highest BCUT2D eigenvalue weighted by atomic mass is 16.6. The Morgan fingerprint density at radius 1 is 0.909 bits per heavy atom. The van der Waals surface area contributed by atoms with Crippen LogP contribution in [0.2, 0.25) is 0 Å². The average molecular weight is 614 g/mol. The Balaban J connectivity index is 1.56. The van der Waals surface area contributed by atoms with Crippen LogP contribution in [0.3, 0.4) is 0 Å². The van der Waals surface area contributed by atoms with Crippen molar-refractivity contribution in [3.63, 3.8) is 0 Å². The summed E-state index contributed by atoms with van der Waals surface area (Å²) in [5, 5.41) is 0. The lowest BCUT2D eigenvalue weighted by Crippen LogP contribution is -2.27. The van der Waals surface area contributed by atoms with Crippen LogP contribution in [0.4, 0.5) is 5.95 Å². The molecular weight excluding hydrogens is 558 g/mol. The Labute approximate surface area is 262 Å². The van der Waals surface area contributed by atoms with Crippen LogP contribution in [-0.4, -0.2) is 44.2 Å². The summed E-state index contributed by atoms with van der Waals surface area (Å²) in [5.41, 5.74) is 6.66. The minimum atomic E-state index is -0.512. The van der Waals surface area contributed by atoms with Crippen molar-refractivity contribution < 1.29 is 19.1 Å². The minimum Gasteiger partial charge on any atom is -0.465 e. The van der Waals surface area contributed by atoms with E-state index in [-0.39, 0.29) is 42.0 Å². The smallest absolute Gasteiger partial charge is 0.306 e.